The van der Waals surface area contributed by atoms with Crippen LogP contribution in [0.25, 0.3) is 0 Å². The highest BCUT2D eigenvalue weighted by molar-refractivity contribution is 4.82. The summed E-state index contributed by atoms with van der Waals surface area (Å²) in [6.07, 6.45) is 0. The van der Waals surface area contributed by atoms with Gasteiger partial charge in [0.05, 0.1) is 12.2 Å². The maximum atomic E-state index is 5.73. The minimum atomic E-state index is 0.0184. The molecule has 3 heteroatoms. The molecule has 1 rings (SSSR count). The van der Waals surface area contributed by atoms with Crippen molar-refractivity contribution in [2.24, 2.45) is 5.92 Å². The molecule has 1 aliphatic heterocycles. The standard InChI is InChI=1S/C13H28N2O/c1-11(2)8-14-9-12(3)15-6-7-16-13(4,5)10-15/h11-12,14H,6-10H2,1-5H3. The zero-order valence-electron chi connectivity index (χ0n) is 11.5. The molecule has 0 aromatic rings. The van der Waals surface area contributed by atoms with Crippen LogP contribution in [0.3, 0.4) is 0 Å². The molecule has 0 aromatic heterocycles. The lowest BCUT2D eigenvalue weighted by Crippen LogP contribution is -2.53. The summed E-state index contributed by atoms with van der Waals surface area (Å²) < 4.78 is 5.73. The van der Waals surface area contributed by atoms with E-state index < -0.39 is 0 Å². The number of nitrogens with one attached hydrogen (secondary N) is 1. The summed E-state index contributed by atoms with van der Waals surface area (Å²) in [4.78, 5) is 2.52. The molecule has 3 nitrogen and oxygen atoms in total. The summed E-state index contributed by atoms with van der Waals surface area (Å²) in [5.74, 6) is 0.730. The second-order valence-corrected chi connectivity index (χ2v) is 5.98. The van der Waals surface area contributed by atoms with Crippen LogP contribution in [0.1, 0.15) is 34.6 Å². The summed E-state index contributed by atoms with van der Waals surface area (Å²) in [5.41, 5.74) is 0.0184. The van der Waals surface area contributed by atoms with E-state index in [0.717, 1.165) is 38.7 Å². The van der Waals surface area contributed by atoms with Crippen LogP contribution in [0, 0.1) is 5.92 Å². The lowest BCUT2D eigenvalue weighted by Gasteiger charge is -2.41. The fourth-order valence-corrected chi connectivity index (χ4v) is 2.14. The van der Waals surface area contributed by atoms with Crippen molar-refractivity contribution in [3.8, 4) is 0 Å². The summed E-state index contributed by atoms with van der Waals surface area (Å²) >= 11 is 0. The maximum absolute atomic E-state index is 5.73. The van der Waals surface area contributed by atoms with Crippen molar-refractivity contribution in [3.63, 3.8) is 0 Å². The first kappa shape index (κ1) is 13.9. The minimum Gasteiger partial charge on any atom is -0.373 e. The molecule has 1 unspecified atom stereocenters. The zero-order valence-corrected chi connectivity index (χ0v) is 11.5. The molecule has 0 aromatic carbocycles. The summed E-state index contributed by atoms with van der Waals surface area (Å²) in [7, 11) is 0. The number of rotatable bonds is 5. The zero-order chi connectivity index (χ0) is 12.2. The average Bonchev–Trinajstić information content (AvgIpc) is 2.15. The van der Waals surface area contributed by atoms with Crippen LogP contribution in [0.2, 0.25) is 0 Å². The van der Waals surface area contributed by atoms with Crippen LogP contribution in [-0.2, 0) is 4.74 Å². The third kappa shape index (κ3) is 4.81. The van der Waals surface area contributed by atoms with Gasteiger partial charge in [-0.25, -0.2) is 0 Å². The van der Waals surface area contributed by atoms with E-state index >= 15 is 0 Å². The van der Waals surface area contributed by atoms with Gasteiger partial charge in [0.25, 0.3) is 0 Å². The summed E-state index contributed by atoms with van der Waals surface area (Å²) in [6.45, 7) is 16.3. The Balaban J connectivity index is 2.27. The largest absolute Gasteiger partial charge is 0.373 e. The van der Waals surface area contributed by atoms with E-state index in [1.165, 1.54) is 0 Å². The predicted octanol–water partition coefficient (Wildman–Crippen LogP) is 1.73. The molecule has 96 valence electrons. The second-order valence-electron chi connectivity index (χ2n) is 5.98. The van der Waals surface area contributed by atoms with Crippen LogP contribution >= 0.6 is 0 Å². The molecule has 0 aliphatic carbocycles. The molecular weight excluding hydrogens is 200 g/mol. The SMILES string of the molecule is CC(C)CNCC(C)N1CCOC(C)(C)C1. The van der Waals surface area contributed by atoms with Crippen molar-refractivity contribution in [1.29, 1.82) is 0 Å². The average molecular weight is 228 g/mol. The molecule has 1 saturated heterocycles. The fourth-order valence-electron chi connectivity index (χ4n) is 2.14. The van der Waals surface area contributed by atoms with E-state index in [0.29, 0.717) is 6.04 Å². The van der Waals surface area contributed by atoms with Crippen LogP contribution in [-0.4, -0.2) is 49.3 Å². The topological polar surface area (TPSA) is 24.5 Å². The number of hydrogen-bond acceptors (Lipinski definition) is 3. The van der Waals surface area contributed by atoms with E-state index in [-0.39, 0.29) is 5.60 Å². The number of nitrogens with zero attached hydrogens (tertiary/aromatic N) is 1. The van der Waals surface area contributed by atoms with Crippen molar-refractivity contribution in [3.05, 3.63) is 0 Å². The lowest BCUT2D eigenvalue weighted by atomic mass is 10.1. The Morgan fingerprint density at radius 2 is 1.94 bits per heavy atom. The lowest BCUT2D eigenvalue weighted by molar-refractivity contribution is -0.0950. The van der Waals surface area contributed by atoms with Crippen molar-refractivity contribution < 1.29 is 4.74 Å². The van der Waals surface area contributed by atoms with Gasteiger partial charge in [-0.1, -0.05) is 13.8 Å². The van der Waals surface area contributed by atoms with Crippen LogP contribution < -0.4 is 5.32 Å². The van der Waals surface area contributed by atoms with Crippen molar-refractivity contribution in [2.75, 3.05) is 32.8 Å². The Hall–Kier alpha value is -0.120. The molecule has 0 bridgehead atoms. The molecule has 1 aliphatic rings. The smallest absolute Gasteiger partial charge is 0.0753 e. The highest BCUT2D eigenvalue weighted by atomic mass is 16.5. The summed E-state index contributed by atoms with van der Waals surface area (Å²) in [6, 6.07) is 0.599. The quantitative estimate of drug-likeness (QED) is 0.775. The fraction of sp³-hybridized carbons (Fsp3) is 1.00. The Morgan fingerprint density at radius 1 is 1.25 bits per heavy atom. The van der Waals surface area contributed by atoms with Gasteiger partial charge in [-0.2, -0.15) is 0 Å². The maximum Gasteiger partial charge on any atom is 0.0753 e. The first-order chi connectivity index (χ1) is 7.41. The third-order valence-electron chi connectivity index (χ3n) is 3.07. The van der Waals surface area contributed by atoms with E-state index in [2.05, 4.69) is 44.8 Å². The second kappa shape index (κ2) is 5.99. The molecule has 0 saturated carbocycles. The van der Waals surface area contributed by atoms with Gasteiger partial charge in [0.15, 0.2) is 0 Å². The Morgan fingerprint density at radius 3 is 2.50 bits per heavy atom. The van der Waals surface area contributed by atoms with Crippen molar-refractivity contribution >= 4 is 0 Å². The molecule has 1 atom stereocenters. The predicted molar refractivity (Wildman–Crippen MR) is 68.8 cm³/mol. The van der Waals surface area contributed by atoms with E-state index in [1.807, 2.05) is 0 Å². The van der Waals surface area contributed by atoms with Gasteiger partial charge in [0.2, 0.25) is 0 Å². The highest BCUT2D eigenvalue weighted by Crippen LogP contribution is 2.17. The third-order valence-corrected chi connectivity index (χ3v) is 3.07. The molecule has 16 heavy (non-hydrogen) atoms. The number of ether oxygens (including phenoxy) is 1. The first-order valence-corrected chi connectivity index (χ1v) is 6.49. The van der Waals surface area contributed by atoms with Gasteiger partial charge in [-0.05, 0) is 33.2 Å². The molecule has 1 N–H and O–H groups in total. The van der Waals surface area contributed by atoms with Gasteiger partial charge in [0.1, 0.15) is 0 Å². The van der Waals surface area contributed by atoms with E-state index in [4.69, 9.17) is 4.74 Å². The van der Waals surface area contributed by atoms with Gasteiger partial charge in [0, 0.05) is 25.7 Å². The van der Waals surface area contributed by atoms with Gasteiger partial charge in [-0.15, -0.1) is 0 Å². The highest BCUT2D eigenvalue weighted by Gasteiger charge is 2.29. The molecular formula is C13H28N2O. The van der Waals surface area contributed by atoms with Gasteiger partial charge >= 0.3 is 0 Å². The Bertz CT molecular complexity index is 204. The number of hydrogen-bond donors (Lipinski definition) is 1. The first-order valence-electron chi connectivity index (χ1n) is 6.49. The molecule has 0 radical (unpaired) electrons. The molecule has 1 heterocycles. The van der Waals surface area contributed by atoms with E-state index in [1.54, 1.807) is 0 Å². The van der Waals surface area contributed by atoms with Gasteiger partial charge < -0.3 is 10.1 Å². The monoisotopic (exact) mass is 228 g/mol. The van der Waals surface area contributed by atoms with Gasteiger partial charge in [-0.3, -0.25) is 4.90 Å². The van der Waals surface area contributed by atoms with Crippen LogP contribution in [0.5, 0.6) is 0 Å². The van der Waals surface area contributed by atoms with Crippen LogP contribution in [0.4, 0.5) is 0 Å². The molecule has 0 spiro atoms. The summed E-state index contributed by atoms with van der Waals surface area (Å²) in [5, 5.41) is 3.53. The van der Waals surface area contributed by atoms with Crippen LogP contribution in [0.15, 0.2) is 0 Å². The Kier molecular flexibility index (Phi) is 5.22. The number of morpholine rings is 1. The normalized spacial score (nSPS) is 23.6. The minimum absolute atomic E-state index is 0.0184. The van der Waals surface area contributed by atoms with Crippen molar-refractivity contribution in [1.82, 2.24) is 10.2 Å². The Labute approximate surface area is 101 Å². The van der Waals surface area contributed by atoms with Crippen molar-refractivity contribution in [2.45, 2.75) is 46.3 Å². The molecule has 0 amide bonds. The molecule has 1 fully saturated rings. The van der Waals surface area contributed by atoms with E-state index in [9.17, 15) is 0 Å².